The molecule has 0 spiro atoms. The average molecular weight is 302 g/mol. The largest absolute Gasteiger partial charge is 0.497 e. The molecule has 2 aromatic carbocycles. The zero-order valence-electron chi connectivity index (χ0n) is 13.3. The normalized spacial score (nSPS) is 11.0. The highest BCUT2D eigenvalue weighted by Crippen LogP contribution is 2.30. The number of ether oxygens (including phenoxy) is 1. The van der Waals surface area contributed by atoms with Crippen LogP contribution in [0.2, 0.25) is 0 Å². The maximum atomic E-state index is 8.89. The molecule has 0 aliphatic rings. The molecule has 0 radical (unpaired) electrons. The van der Waals surface area contributed by atoms with Gasteiger partial charge in [0.15, 0.2) is 0 Å². The van der Waals surface area contributed by atoms with E-state index in [9.17, 15) is 0 Å². The Hall–Kier alpha value is -2.99. The van der Waals surface area contributed by atoms with E-state index in [0.717, 1.165) is 34.5 Å². The molecule has 0 saturated carbocycles. The molecule has 3 nitrogen and oxygen atoms in total. The lowest BCUT2D eigenvalue weighted by molar-refractivity contribution is 0.415. The number of rotatable bonds is 4. The number of fused-ring (bicyclic) bond motifs is 1. The lowest BCUT2D eigenvalue weighted by Gasteiger charge is -2.09. The van der Waals surface area contributed by atoms with Gasteiger partial charge in [0.05, 0.1) is 13.2 Å². The zero-order valence-corrected chi connectivity index (χ0v) is 13.3. The van der Waals surface area contributed by atoms with Crippen molar-refractivity contribution in [2.45, 2.75) is 13.5 Å². The van der Waals surface area contributed by atoms with Gasteiger partial charge in [-0.15, -0.1) is 0 Å². The monoisotopic (exact) mass is 302 g/mol. The van der Waals surface area contributed by atoms with Gasteiger partial charge in [0, 0.05) is 29.2 Å². The van der Waals surface area contributed by atoms with Crippen LogP contribution in [0.3, 0.4) is 0 Å². The standard InChI is InChI=1S/C20H18N2O/c1-15-18-13-17(23-2)10-11-20(18)22(19(15)9-6-12-21)14-16-7-4-3-5-8-16/h3-11,13H,14H2,1-2H3/b9-6+. The number of nitriles is 1. The number of hydrogen-bond acceptors (Lipinski definition) is 2. The summed E-state index contributed by atoms with van der Waals surface area (Å²) in [6.45, 7) is 2.85. The number of methoxy groups -OCH3 is 1. The summed E-state index contributed by atoms with van der Waals surface area (Å²) in [5.74, 6) is 0.841. The van der Waals surface area contributed by atoms with Crippen LogP contribution in [0.5, 0.6) is 5.75 Å². The van der Waals surface area contributed by atoms with E-state index in [4.69, 9.17) is 10.00 Å². The zero-order chi connectivity index (χ0) is 16.2. The lowest BCUT2D eigenvalue weighted by Crippen LogP contribution is -2.02. The first kappa shape index (κ1) is 14.9. The first-order valence-electron chi connectivity index (χ1n) is 7.51. The number of aromatic nitrogens is 1. The fraction of sp³-hybridized carbons (Fsp3) is 0.150. The van der Waals surface area contributed by atoms with E-state index in [0.29, 0.717) is 0 Å². The predicted molar refractivity (Wildman–Crippen MR) is 93.4 cm³/mol. The van der Waals surface area contributed by atoms with Crippen LogP contribution in [-0.2, 0) is 6.54 Å². The van der Waals surface area contributed by atoms with Crippen LogP contribution in [-0.4, -0.2) is 11.7 Å². The number of aryl methyl sites for hydroxylation is 1. The Bertz CT molecular complexity index is 899. The van der Waals surface area contributed by atoms with E-state index < -0.39 is 0 Å². The molecule has 0 amide bonds. The van der Waals surface area contributed by atoms with Gasteiger partial charge < -0.3 is 9.30 Å². The number of hydrogen-bond donors (Lipinski definition) is 0. The lowest BCUT2D eigenvalue weighted by atomic mass is 10.1. The number of nitrogens with zero attached hydrogens (tertiary/aromatic N) is 2. The van der Waals surface area contributed by atoms with Gasteiger partial charge in [-0.25, -0.2) is 0 Å². The van der Waals surface area contributed by atoms with Gasteiger partial charge in [-0.2, -0.15) is 5.26 Å². The Labute approximate surface area is 136 Å². The third-order valence-electron chi connectivity index (χ3n) is 4.07. The van der Waals surface area contributed by atoms with Crippen molar-refractivity contribution >= 4 is 17.0 Å². The van der Waals surface area contributed by atoms with Gasteiger partial charge in [0.1, 0.15) is 5.75 Å². The molecule has 1 heterocycles. The first-order valence-corrected chi connectivity index (χ1v) is 7.51. The van der Waals surface area contributed by atoms with Gasteiger partial charge >= 0.3 is 0 Å². The third-order valence-corrected chi connectivity index (χ3v) is 4.07. The minimum absolute atomic E-state index is 0.766. The highest BCUT2D eigenvalue weighted by atomic mass is 16.5. The third kappa shape index (κ3) is 2.84. The molecule has 0 N–H and O–H groups in total. The fourth-order valence-electron chi connectivity index (χ4n) is 2.92. The van der Waals surface area contributed by atoms with Gasteiger partial charge in [0.25, 0.3) is 0 Å². The van der Waals surface area contributed by atoms with Gasteiger partial charge in [-0.3, -0.25) is 0 Å². The van der Waals surface area contributed by atoms with E-state index >= 15 is 0 Å². The maximum absolute atomic E-state index is 8.89. The molecule has 0 atom stereocenters. The van der Waals surface area contributed by atoms with Gasteiger partial charge in [-0.1, -0.05) is 30.3 Å². The average Bonchev–Trinajstić information content (AvgIpc) is 2.85. The van der Waals surface area contributed by atoms with Crippen molar-refractivity contribution in [1.82, 2.24) is 4.57 Å². The summed E-state index contributed by atoms with van der Waals surface area (Å²) in [5, 5.41) is 10.0. The minimum atomic E-state index is 0.766. The van der Waals surface area contributed by atoms with E-state index in [-0.39, 0.29) is 0 Å². The van der Waals surface area contributed by atoms with Crippen molar-refractivity contribution in [2.24, 2.45) is 0 Å². The van der Waals surface area contributed by atoms with Crippen LogP contribution in [0.25, 0.3) is 17.0 Å². The summed E-state index contributed by atoms with van der Waals surface area (Å²) in [5.41, 5.74) is 4.58. The summed E-state index contributed by atoms with van der Waals surface area (Å²) in [6.07, 6.45) is 3.41. The molecule has 23 heavy (non-hydrogen) atoms. The second-order valence-electron chi connectivity index (χ2n) is 5.43. The van der Waals surface area contributed by atoms with Crippen LogP contribution in [0, 0.1) is 18.3 Å². The maximum Gasteiger partial charge on any atom is 0.119 e. The second-order valence-corrected chi connectivity index (χ2v) is 5.43. The Kier molecular flexibility index (Phi) is 4.16. The molecule has 3 rings (SSSR count). The van der Waals surface area contributed by atoms with Crippen molar-refractivity contribution in [3.63, 3.8) is 0 Å². The van der Waals surface area contributed by atoms with Crippen LogP contribution >= 0.6 is 0 Å². The summed E-state index contributed by atoms with van der Waals surface area (Å²) >= 11 is 0. The van der Waals surface area contributed by atoms with Gasteiger partial charge in [0.2, 0.25) is 0 Å². The minimum Gasteiger partial charge on any atom is -0.497 e. The number of allylic oxidation sites excluding steroid dienone is 1. The second kappa shape index (κ2) is 6.41. The van der Waals surface area contributed by atoms with E-state index in [1.165, 1.54) is 11.6 Å². The highest BCUT2D eigenvalue weighted by molar-refractivity contribution is 5.89. The molecule has 0 saturated heterocycles. The van der Waals surface area contributed by atoms with Crippen molar-refractivity contribution < 1.29 is 4.74 Å². The molecule has 0 bridgehead atoms. The fourth-order valence-corrected chi connectivity index (χ4v) is 2.92. The summed E-state index contributed by atoms with van der Waals surface area (Å²) in [6, 6.07) is 18.5. The van der Waals surface area contributed by atoms with Crippen LogP contribution in [0.1, 0.15) is 16.8 Å². The Morgan fingerprint density at radius 2 is 1.96 bits per heavy atom. The summed E-state index contributed by atoms with van der Waals surface area (Å²) < 4.78 is 7.59. The topological polar surface area (TPSA) is 37.9 Å². The molecular formula is C20H18N2O. The predicted octanol–water partition coefficient (Wildman–Crippen LogP) is 4.54. The Morgan fingerprint density at radius 1 is 1.17 bits per heavy atom. The number of benzene rings is 2. The molecule has 0 fully saturated rings. The molecule has 3 aromatic rings. The molecular weight excluding hydrogens is 284 g/mol. The van der Waals surface area contributed by atoms with Crippen LogP contribution < -0.4 is 4.74 Å². The Morgan fingerprint density at radius 3 is 2.65 bits per heavy atom. The van der Waals surface area contributed by atoms with E-state index in [2.05, 4.69) is 41.8 Å². The summed E-state index contributed by atoms with van der Waals surface area (Å²) in [4.78, 5) is 0. The SMILES string of the molecule is COc1ccc2c(c1)c(C)c(/C=C/C#N)n2Cc1ccccc1. The summed E-state index contributed by atoms with van der Waals surface area (Å²) in [7, 11) is 1.67. The quantitative estimate of drug-likeness (QED) is 0.663. The highest BCUT2D eigenvalue weighted by Gasteiger charge is 2.13. The first-order chi connectivity index (χ1) is 11.2. The van der Waals surface area contributed by atoms with E-state index in [1.54, 1.807) is 7.11 Å². The molecule has 0 unspecified atom stereocenters. The van der Waals surface area contributed by atoms with Crippen molar-refractivity contribution in [2.75, 3.05) is 7.11 Å². The molecule has 3 heteroatoms. The molecule has 114 valence electrons. The van der Waals surface area contributed by atoms with E-state index in [1.807, 2.05) is 30.3 Å². The Balaban J connectivity index is 2.20. The van der Waals surface area contributed by atoms with Crippen LogP contribution in [0.4, 0.5) is 0 Å². The molecule has 1 aromatic heterocycles. The smallest absolute Gasteiger partial charge is 0.119 e. The van der Waals surface area contributed by atoms with Gasteiger partial charge in [-0.05, 0) is 42.3 Å². The molecule has 0 aliphatic carbocycles. The van der Waals surface area contributed by atoms with Crippen molar-refractivity contribution in [3.05, 3.63) is 71.4 Å². The molecule has 0 aliphatic heterocycles. The van der Waals surface area contributed by atoms with Crippen molar-refractivity contribution in [1.29, 1.82) is 5.26 Å². The van der Waals surface area contributed by atoms with Crippen LogP contribution in [0.15, 0.2) is 54.6 Å². The van der Waals surface area contributed by atoms with Crippen molar-refractivity contribution in [3.8, 4) is 11.8 Å².